The highest BCUT2D eigenvalue weighted by molar-refractivity contribution is 5.66. The summed E-state index contributed by atoms with van der Waals surface area (Å²) in [6.45, 7) is 17.6. The van der Waals surface area contributed by atoms with E-state index in [4.69, 9.17) is 18.9 Å². The van der Waals surface area contributed by atoms with Crippen molar-refractivity contribution in [3.05, 3.63) is 36.0 Å². The third-order valence-electron chi connectivity index (χ3n) is 8.92. The van der Waals surface area contributed by atoms with Gasteiger partial charge in [-0.05, 0) is 56.3 Å². The first-order chi connectivity index (χ1) is 17.1. The van der Waals surface area contributed by atoms with Gasteiger partial charge in [-0.3, -0.25) is 4.79 Å². The summed E-state index contributed by atoms with van der Waals surface area (Å²) in [5.41, 5.74) is 1.23. The number of unbranched alkanes of at least 4 members (excludes halogenated alkanes) is 2. The van der Waals surface area contributed by atoms with Crippen molar-refractivity contribution in [1.29, 1.82) is 0 Å². The maximum atomic E-state index is 12.0. The average molecular weight is 505 g/mol. The molecule has 8 atom stereocenters. The lowest BCUT2D eigenvalue weighted by Gasteiger charge is -2.60. The number of hydrogen-bond acceptors (Lipinski definition) is 6. The van der Waals surface area contributed by atoms with Gasteiger partial charge in [-0.25, -0.2) is 0 Å². The quantitative estimate of drug-likeness (QED) is 0.150. The molecule has 0 bridgehead atoms. The van der Waals surface area contributed by atoms with Gasteiger partial charge in [-0.2, -0.15) is 0 Å². The lowest BCUT2D eigenvalue weighted by molar-refractivity contribution is -0.253. The number of carbonyl (C=O) groups excluding carboxylic acids is 1. The summed E-state index contributed by atoms with van der Waals surface area (Å²) in [7, 11) is 0. The van der Waals surface area contributed by atoms with Crippen LogP contribution in [-0.2, 0) is 23.7 Å². The van der Waals surface area contributed by atoms with Crippen molar-refractivity contribution < 1.29 is 28.8 Å². The molecule has 6 heteroatoms. The summed E-state index contributed by atoms with van der Waals surface area (Å²) in [6.07, 6.45) is 10.1. The molecule has 3 aliphatic rings. The molecule has 1 spiro atoms. The molecule has 2 fully saturated rings. The molecule has 1 unspecified atom stereocenters. The molecule has 204 valence electrons. The van der Waals surface area contributed by atoms with Crippen LogP contribution < -0.4 is 0 Å². The Labute approximate surface area is 218 Å². The SMILES string of the molecule is C=C/C(C)=C\C[C@]1(C)[C@H](C)[C@@H](OCCCC)CC23C(=C[C@H](O)C[C@H]21)[C@@H](OC(C)=O)O[C@H]3OCCCC. The molecule has 1 N–H and O–H groups in total. The molecule has 1 saturated heterocycles. The lowest BCUT2D eigenvalue weighted by atomic mass is 9.45. The Bertz CT molecular complexity index is 833. The Balaban J connectivity index is 2.13. The van der Waals surface area contributed by atoms with Crippen LogP contribution in [0, 0.1) is 22.7 Å². The standard InChI is InChI=1S/C30H48O6/c1-8-11-15-33-25-19-30-24(27(35-22(6)31)36-28(30)34-16-12-9-2)17-23(32)18-26(30)29(7,21(25)5)14-13-20(4)10-3/h10,13,17,21,23,25-28,32H,3,8-9,11-12,14-16,18-19H2,1-2,4-7H3/b20-13-/t21-,23+,25+,26+,27+,28-,29-,30?/m1/s1. The summed E-state index contributed by atoms with van der Waals surface area (Å²) in [5.74, 6) is -0.106. The second-order valence-electron chi connectivity index (χ2n) is 11.3. The van der Waals surface area contributed by atoms with Crippen molar-refractivity contribution in [2.75, 3.05) is 13.2 Å². The number of carbonyl (C=O) groups is 1. The van der Waals surface area contributed by atoms with Crippen LogP contribution in [0.4, 0.5) is 0 Å². The number of ether oxygens (including phenoxy) is 4. The molecular formula is C30H48O6. The first kappa shape index (κ1) is 29.1. The molecule has 0 radical (unpaired) electrons. The summed E-state index contributed by atoms with van der Waals surface area (Å²) >= 11 is 0. The number of hydrogen-bond donors (Lipinski definition) is 1. The monoisotopic (exact) mass is 504 g/mol. The summed E-state index contributed by atoms with van der Waals surface area (Å²) in [6, 6.07) is 0. The van der Waals surface area contributed by atoms with Crippen LogP contribution in [0.25, 0.3) is 0 Å². The molecule has 0 amide bonds. The minimum atomic E-state index is -0.856. The molecule has 0 aromatic rings. The van der Waals surface area contributed by atoms with Crippen molar-refractivity contribution in [1.82, 2.24) is 0 Å². The van der Waals surface area contributed by atoms with E-state index in [1.807, 2.05) is 12.2 Å². The minimum absolute atomic E-state index is 0.00849. The van der Waals surface area contributed by atoms with Crippen LogP contribution in [0.5, 0.6) is 0 Å². The van der Waals surface area contributed by atoms with Gasteiger partial charge in [0.1, 0.15) is 0 Å². The fraction of sp³-hybridized carbons (Fsp3) is 0.767. The predicted molar refractivity (Wildman–Crippen MR) is 141 cm³/mol. The highest BCUT2D eigenvalue weighted by Crippen LogP contribution is 2.67. The van der Waals surface area contributed by atoms with Gasteiger partial charge < -0.3 is 24.1 Å². The topological polar surface area (TPSA) is 74.2 Å². The lowest BCUT2D eigenvalue weighted by Crippen LogP contribution is -2.61. The molecule has 2 aliphatic carbocycles. The Hall–Kier alpha value is -1.47. The van der Waals surface area contributed by atoms with Crippen LogP contribution in [-0.4, -0.2) is 49.1 Å². The van der Waals surface area contributed by atoms with Crippen molar-refractivity contribution in [3.63, 3.8) is 0 Å². The van der Waals surface area contributed by atoms with E-state index in [0.717, 1.165) is 49.7 Å². The molecule has 0 aromatic heterocycles. The van der Waals surface area contributed by atoms with E-state index in [9.17, 15) is 9.90 Å². The molecule has 1 heterocycles. The summed E-state index contributed by atoms with van der Waals surface area (Å²) in [5, 5.41) is 11.0. The minimum Gasteiger partial charge on any atom is -0.432 e. The van der Waals surface area contributed by atoms with E-state index in [2.05, 4.69) is 47.3 Å². The van der Waals surface area contributed by atoms with E-state index >= 15 is 0 Å². The van der Waals surface area contributed by atoms with Crippen molar-refractivity contribution in [3.8, 4) is 0 Å². The van der Waals surface area contributed by atoms with Crippen LogP contribution in [0.15, 0.2) is 36.0 Å². The van der Waals surface area contributed by atoms with Crippen LogP contribution in [0.1, 0.15) is 86.5 Å². The number of esters is 1. The first-order valence-corrected chi connectivity index (χ1v) is 13.9. The Morgan fingerprint density at radius 1 is 1.22 bits per heavy atom. The molecule has 1 aliphatic heterocycles. The summed E-state index contributed by atoms with van der Waals surface area (Å²) < 4.78 is 25.1. The predicted octanol–water partition coefficient (Wildman–Crippen LogP) is 6.10. The number of allylic oxidation sites excluding steroid dienone is 3. The highest BCUT2D eigenvalue weighted by Gasteiger charge is 2.68. The van der Waals surface area contributed by atoms with Gasteiger partial charge in [-0.15, -0.1) is 0 Å². The normalized spacial score (nSPS) is 38.2. The second-order valence-corrected chi connectivity index (χ2v) is 11.3. The van der Waals surface area contributed by atoms with E-state index in [1.54, 1.807) is 0 Å². The third kappa shape index (κ3) is 5.67. The van der Waals surface area contributed by atoms with Crippen molar-refractivity contribution >= 4 is 5.97 Å². The zero-order valence-corrected chi connectivity index (χ0v) is 23.3. The Kier molecular flexibility index (Phi) is 10.0. The largest absolute Gasteiger partial charge is 0.432 e. The Morgan fingerprint density at radius 2 is 1.89 bits per heavy atom. The zero-order chi connectivity index (χ0) is 26.5. The van der Waals surface area contributed by atoms with Gasteiger partial charge in [0, 0.05) is 25.7 Å². The maximum Gasteiger partial charge on any atom is 0.305 e. The molecule has 36 heavy (non-hydrogen) atoms. The van der Waals surface area contributed by atoms with Gasteiger partial charge in [0.15, 0.2) is 6.29 Å². The summed E-state index contributed by atoms with van der Waals surface area (Å²) in [4.78, 5) is 12.0. The number of rotatable bonds is 12. The van der Waals surface area contributed by atoms with Crippen molar-refractivity contribution in [2.45, 2.75) is 111 Å². The van der Waals surface area contributed by atoms with E-state index < -0.39 is 30.1 Å². The third-order valence-corrected chi connectivity index (χ3v) is 8.92. The molecule has 0 aromatic carbocycles. The number of aliphatic hydroxyl groups excluding tert-OH is 1. The second kappa shape index (κ2) is 12.4. The van der Waals surface area contributed by atoms with Crippen LogP contribution in [0.2, 0.25) is 0 Å². The van der Waals surface area contributed by atoms with Gasteiger partial charge in [-0.1, -0.05) is 70.9 Å². The average Bonchev–Trinajstić information content (AvgIpc) is 3.12. The molecule has 1 saturated carbocycles. The molecule has 3 rings (SSSR count). The highest BCUT2D eigenvalue weighted by atomic mass is 16.8. The molecule has 6 nitrogen and oxygen atoms in total. The van der Waals surface area contributed by atoms with Crippen molar-refractivity contribution in [2.24, 2.45) is 22.7 Å². The molecular weight excluding hydrogens is 456 g/mol. The zero-order valence-electron chi connectivity index (χ0n) is 23.3. The van der Waals surface area contributed by atoms with Crippen LogP contribution in [0.3, 0.4) is 0 Å². The van der Waals surface area contributed by atoms with Gasteiger partial charge in [0.2, 0.25) is 6.29 Å². The van der Waals surface area contributed by atoms with E-state index in [1.165, 1.54) is 6.92 Å². The number of aliphatic hydroxyl groups is 1. The van der Waals surface area contributed by atoms with Gasteiger partial charge >= 0.3 is 5.97 Å². The van der Waals surface area contributed by atoms with Gasteiger partial charge in [0.05, 0.1) is 17.6 Å². The smallest absolute Gasteiger partial charge is 0.305 e. The van der Waals surface area contributed by atoms with Crippen LogP contribution >= 0.6 is 0 Å². The van der Waals surface area contributed by atoms with E-state index in [-0.39, 0.29) is 23.4 Å². The fourth-order valence-electron chi connectivity index (χ4n) is 6.59. The maximum absolute atomic E-state index is 12.0. The Morgan fingerprint density at radius 3 is 2.50 bits per heavy atom. The van der Waals surface area contributed by atoms with E-state index in [0.29, 0.717) is 19.6 Å². The first-order valence-electron chi connectivity index (χ1n) is 13.9. The fourth-order valence-corrected chi connectivity index (χ4v) is 6.59. The van der Waals surface area contributed by atoms with Gasteiger partial charge in [0.25, 0.3) is 0 Å².